The van der Waals surface area contributed by atoms with Gasteiger partial charge in [-0.1, -0.05) is 17.7 Å². The Balaban J connectivity index is 1.66. The van der Waals surface area contributed by atoms with E-state index in [1.807, 2.05) is 32.9 Å². The van der Waals surface area contributed by atoms with Crippen LogP contribution in [0, 0.1) is 13.8 Å². The minimum absolute atomic E-state index is 0.0170. The largest absolute Gasteiger partial charge is 0.450 e. The van der Waals surface area contributed by atoms with Crippen LogP contribution in [0.5, 0.6) is 0 Å². The quantitative estimate of drug-likeness (QED) is 0.830. The Morgan fingerprint density at radius 1 is 1.24 bits per heavy atom. The van der Waals surface area contributed by atoms with E-state index < -0.39 is 0 Å². The van der Waals surface area contributed by atoms with E-state index in [9.17, 15) is 9.59 Å². The average Bonchev–Trinajstić information content (AvgIpc) is 2.58. The minimum atomic E-state index is -0.228. The minimum Gasteiger partial charge on any atom is -0.450 e. The monoisotopic (exact) mass is 347 g/mol. The van der Waals surface area contributed by atoms with E-state index in [4.69, 9.17) is 4.74 Å². The van der Waals surface area contributed by atoms with Gasteiger partial charge in [0.1, 0.15) is 0 Å². The maximum atomic E-state index is 12.1. The Morgan fingerprint density at radius 2 is 1.96 bits per heavy atom. The Labute approximate surface area is 149 Å². The normalized spacial score (nSPS) is 15.1. The number of carbonyl (C=O) groups is 2. The maximum Gasteiger partial charge on any atom is 0.409 e. The summed E-state index contributed by atoms with van der Waals surface area (Å²) >= 11 is 0. The maximum absolute atomic E-state index is 12.1. The highest BCUT2D eigenvalue weighted by atomic mass is 16.6. The summed E-state index contributed by atoms with van der Waals surface area (Å²) in [6.07, 6.45) is 1.98. The Hall–Kier alpha value is -2.08. The van der Waals surface area contributed by atoms with Crippen molar-refractivity contribution in [1.82, 2.24) is 10.2 Å². The van der Waals surface area contributed by atoms with Crippen molar-refractivity contribution >= 4 is 17.7 Å². The molecule has 25 heavy (non-hydrogen) atoms. The van der Waals surface area contributed by atoms with E-state index in [2.05, 4.69) is 16.7 Å². The first kappa shape index (κ1) is 19.2. The van der Waals surface area contributed by atoms with Crippen LogP contribution in [0.2, 0.25) is 0 Å². The second-order valence-electron chi connectivity index (χ2n) is 6.53. The van der Waals surface area contributed by atoms with Gasteiger partial charge in [-0.2, -0.15) is 0 Å². The van der Waals surface area contributed by atoms with Crippen molar-refractivity contribution in [3.05, 3.63) is 29.3 Å². The zero-order valence-corrected chi connectivity index (χ0v) is 15.4. The lowest BCUT2D eigenvalue weighted by Gasteiger charge is -2.31. The van der Waals surface area contributed by atoms with Gasteiger partial charge in [0.25, 0.3) is 0 Å². The van der Waals surface area contributed by atoms with E-state index in [0.717, 1.165) is 24.1 Å². The summed E-state index contributed by atoms with van der Waals surface area (Å²) in [5.41, 5.74) is 3.14. The number of amides is 2. The molecule has 0 radical (unpaired) electrons. The highest BCUT2D eigenvalue weighted by Gasteiger charge is 2.23. The first-order chi connectivity index (χ1) is 12.0. The summed E-state index contributed by atoms with van der Waals surface area (Å²) < 4.78 is 5.02. The number of nitrogens with one attached hydrogen (secondary N) is 2. The molecule has 0 spiro atoms. The summed E-state index contributed by atoms with van der Waals surface area (Å²) in [4.78, 5) is 25.5. The van der Waals surface area contributed by atoms with Gasteiger partial charge in [0.15, 0.2) is 0 Å². The molecule has 138 valence electrons. The average molecular weight is 347 g/mol. The zero-order chi connectivity index (χ0) is 18.2. The molecule has 2 rings (SSSR count). The Morgan fingerprint density at radius 3 is 2.60 bits per heavy atom. The van der Waals surface area contributed by atoms with Crippen molar-refractivity contribution in [3.8, 4) is 0 Å². The summed E-state index contributed by atoms with van der Waals surface area (Å²) in [6.45, 7) is 8.30. The number of carbonyl (C=O) groups excluding carboxylic acids is 2. The molecule has 0 aliphatic carbocycles. The molecule has 0 unspecified atom stereocenters. The third-order valence-electron chi connectivity index (χ3n) is 4.46. The molecule has 0 atom stereocenters. The SMILES string of the molecule is CCOC(=O)N1CCC(NCCC(=O)Nc2ccc(C)cc2C)CC1. The van der Waals surface area contributed by atoms with Crippen molar-refractivity contribution < 1.29 is 14.3 Å². The number of hydrogen-bond donors (Lipinski definition) is 2. The third-order valence-corrected chi connectivity index (χ3v) is 4.46. The van der Waals surface area contributed by atoms with Gasteiger partial charge in [-0.3, -0.25) is 4.79 Å². The van der Waals surface area contributed by atoms with Crippen LogP contribution in [0.1, 0.15) is 37.3 Å². The molecule has 6 nitrogen and oxygen atoms in total. The van der Waals surface area contributed by atoms with Crippen LogP contribution in [0.3, 0.4) is 0 Å². The van der Waals surface area contributed by atoms with Gasteiger partial charge in [-0.05, 0) is 45.2 Å². The summed E-state index contributed by atoms with van der Waals surface area (Å²) in [6, 6.07) is 6.35. The van der Waals surface area contributed by atoms with Crippen molar-refractivity contribution in [2.45, 2.75) is 46.1 Å². The Bertz CT molecular complexity index is 596. The van der Waals surface area contributed by atoms with Crippen LogP contribution in [-0.2, 0) is 9.53 Å². The molecule has 1 saturated heterocycles. The van der Waals surface area contributed by atoms with Gasteiger partial charge >= 0.3 is 6.09 Å². The van der Waals surface area contributed by atoms with E-state index in [1.54, 1.807) is 4.90 Å². The van der Waals surface area contributed by atoms with Gasteiger partial charge in [-0.15, -0.1) is 0 Å². The highest BCUT2D eigenvalue weighted by molar-refractivity contribution is 5.91. The molecule has 2 N–H and O–H groups in total. The lowest BCUT2D eigenvalue weighted by atomic mass is 10.1. The van der Waals surface area contributed by atoms with Crippen LogP contribution in [0.25, 0.3) is 0 Å². The van der Waals surface area contributed by atoms with Crippen LogP contribution in [0.4, 0.5) is 10.5 Å². The lowest BCUT2D eigenvalue weighted by Crippen LogP contribution is -2.45. The molecule has 1 heterocycles. The van der Waals surface area contributed by atoms with Gasteiger partial charge < -0.3 is 20.3 Å². The molecular weight excluding hydrogens is 318 g/mol. The highest BCUT2D eigenvalue weighted by Crippen LogP contribution is 2.16. The molecule has 0 bridgehead atoms. The van der Waals surface area contributed by atoms with Gasteiger partial charge in [-0.25, -0.2) is 4.79 Å². The lowest BCUT2D eigenvalue weighted by molar-refractivity contribution is -0.116. The molecule has 1 fully saturated rings. The smallest absolute Gasteiger partial charge is 0.409 e. The topological polar surface area (TPSA) is 70.7 Å². The number of anilines is 1. The number of aryl methyl sites for hydroxylation is 2. The Kier molecular flexibility index (Phi) is 7.25. The number of benzene rings is 1. The number of rotatable bonds is 6. The van der Waals surface area contributed by atoms with Crippen molar-refractivity contribution in [2.75, 3.05) is 31.6 Å². The zero-order valence-electron chi connectivity index (χ0n) is 15.4. The fourth-order valence-corrected chi connectivity index (χ4v) is 3.04. The third kappa shape index (κ3) is 6.05. The molecule has 6 heteroatoms. The standard InChI is InChI=1S/C19H29N3O3/c1-4-25-19(24)22-11-8-16(9-12-22)20-10-7-18(23)21-17-6-5-14(2)13-15(17)3/h5-6,13,16,20H,4,7-12H2,1-3H3,(H,21,23). The molecule has 1 aliphatic heterocycles. The molecule has 2 amide bonds. The number of piperidine rings is 1. The fraction of sp³-hybridized carbons (Fsp3) is 0.579. The number of nitrogens with zero attached hydrogens (tertiary/aromatic N) is 1. The van der Waals surface area contributed by atoms with E-state index in [1.165, 1.54) is 5.56 Å². The van der Waals surface area contributed by atoms with Crippen LogP contribution in [0.15, 0.2) is 18.2 Å². The van der Waals surface area contributed by atoms with Crippen LogP contribution < -0.4 is 10.6 Å². The van der Waals surface area contributed by atoms with Crippen molar-refractivity contribution in [2.24, 2.45) is 0 Å². The second-order valence-corrected chi connectivity index (χ2v) is 6.53. The van der Waals surface area contributed by atoms with Gasteiger partial charge in [0.05, 0.1) is 6.61 Å². The first-order valence-electron chi connectivity index (χ1n) is 9.01. The number of hydrogen-bond acceptors (Lipinski definition) is 4. The summed E-state index contributed by atoms with van der Waals surface area (Å²) in [5, 5.41) is 6.38. The summed E-state index contributed by atoms with van der Waals surface area (Å²) in [7, 11) is 0. The van der Waals surface area contributed by atoms with Gasteiger partial charge in [0.2, 0.25) is 5.91 Å². The number of likely N-dealkylation sites (tertiary alicyclic amines) is 1. The summed E-state index contributed by atoms with van der Waals surface area (Å²) in [5.74, 6) is 0.0170. The molecule has 1 aromatic rings. The van der Waals surface area contributed by atoms with Crippen LogP contribution >= 0.6 is 0 Å². The predicted octanol–water partition coefficient (Wildman–Crippen LogP) is 2.84. The predicted molar refractivity (Wildman–Crippen MR) is 98.8 cm³/mol. The molecule has 0 saturated carbocycles. The second kappa shape index (κ2) is 9.42. The molecular formula is C19H29N3O3. The number of ether oxygens (including phenoxy) is 1. The molecule has 1 aliphatic rings. The first-order valence-corrected chi connectivity index (χ1v) is 9.01. The van der Waals surface area contributed by atoms with E-state index >= 15 is 0 Å². The van der Waals surface area contributed by atoms with Crippen LogP contribution in [-0.4, -0.2) is 49.2 Å². The fourth-order valence-electron chi connectivity index (χ4n) is 3.04. The van der Waals surface area contributed by atoms with Crippen molar-refractivity contribution in [1.29, 1.82) is 0 Å². The molecule has 1 aromatic carbocycles. The van der Waals surface area contributed by atoms with E-state index in [-0.39, 0.29) is 12.0 Å². The van der Waals surface area contributed by atoms with E-state index in [0.29, 0.717) is 38.7 Å². The van der Waals surface area contributed by atoms with Crippen molar-refractivity contribution in [3.63, 3.8) is 0 Å². The van der Waals surface area contributed by atoms with Gasteiger partial charge in [0, 0.05) is 37.8 Å². The molecule has 0 aromatic heterocycles.